The lowest BCUT2D eigenvalue weighted by Crippen LogP contribution is -2.22. The molecule has 0 aliphatic carbocycles. The highest BCUT2D eigenvalue weighted by molar-refractivity contribution is 7.16. The summed E-state index contributed by atoms with van der Waals surface area (Å²) in [5, 5.41) is 5.57. The molecule has 3 amide bonds. The highest BCUT2D eigenvalue weighted by Gasteiger charge is 2.12. The molecule has 0 saturated carbocycles. The summed E-state index contributed by atoms with van der Waals surface area (Å²) in [5.74, 6) is -1.10. The Labute approximate surface area is 160 Å². The number of hydrogen-bond donors (Lipinski definition) is 3. The maximum absolute atomic E-state index is 12.2. The van der Waals surface area contributed by atoms with Crippen LogP contribution in [-0.2, 0) is 6.54 Å². The van der Waals surface area contributed by atoms with Crippen molar-refractivity contribution in [2.24, 2.45) is 5.73 Å². The molecule has 136 valence electrons. The van der Waals surface area contributed by atoms with Crippen molar-refractivity contribution in [3.8, 4) is 0 Å². The predicted octanol–water partition coefficient (Wildman–Crippen LogP) is 3.03. The lowest BCUT2D eigenvalue weighted by molar-refractivity contribution is 0.0949. The number of rotatable bonds is 6. The molecule has 0 atom stereocenters. The molecular formula is C20H17N3O3S. The van der Waals surface area contributed by atoms with Crippen molar-refractivity contribution in [2.45, 2.75) is 6.54 Å². The third-order valence-electron chi connectivity index (χ3n) is 3.77. The van der Waals surface area contributed by atoms with Gasteiger partial charge in [-0.2, -0.15) is 0 Å². The average Bonchev–Trinajstić information content (AvgIpc) is 3.18. The molecule has 2 aromatic carbocycles. The quantitative estimate of drug-likeness (QED) is 0.613. The van der Waals surface area contributed by atoms with E-state index < -0.39 is 5.91 Å². The van der Waals surface area contributed by atoms with Crippen molar-refractivity contribution in [1.82, 2.24) is 5.32 Å². The molecule has 3 rings (SSSR count). The van der Waals surface area contributed by atoms with E-state index in [-0.39, 0.29) is 11.8 Å². The minimum absolute atomic E-state index is 0.193. The Hall–Kier alpha value is -3.45. The van der Waals surface area contributed by atoms with Gasteiger partial charge in [0.15, 0.2) is 0 Å². The van der Waals surface area contributed by atoms with Crippen LogP contribution in [0.3, 0.4) is 0 Å². The summed E-state index contributed by atoms with van der Waals surface area (Å²) in [6, 6.07) is 19.3. The molecule has 0 radical (unpaired) electrons. The van der Waals surface area contributed by atoms with Crippen LogP contribution in [0.25, 0.3) is 0 Å². The van der Waals surface area contributed by atoms with Crippen LogP contribution >= 0.6 is 11.3 Å². The van der Waals surface area contributed by atoms with Gasteiger partial charge in [-0.3, -0.25) is 14.4 Å². The van der Waals surface area contributed by atoms with Gasteiger partial charge in [-0.1, -0.05) is 30.3 Å². The summed E-state index contributed by atoms with van der Waals surface area (Å²) < 4.78 is 0. The first-order valence-corrected chi connectivity index (χ1v) is 8.98. The molecule has 1 aromatic heterocycles. The SMILES string of the molecule is NC(=O)c1ccc(C(=O)Nc2ccc(C(=O)NCc3ccccc3)cc2)s1. The number of nitrogens with one attached hydrogen (secondary N) is 2. The molecule has 0 saturated heterocycles. The number of thiophene rings is 1. The molecule has 0 spiro atoms. The lowest BCUT2D eigenvalue weighted by Gasteiger charge is -2.07. The minimum atomic E-state index is -0.565. The topological polar surface area (TPSA) is 101 Å². The van der Waals surface area contributed by atoms with Gasteiger partial charge in [0.25, 0.3) is 17.7 Å². The predicted molar refractivity (Wildman–Crippen MR) is 105 cm³/mol. The van der Waals surface area contributed by atoms with Gasteiger partial charge < -0.3 is 16.4 Å². The van der Waals surface area contributed by atoms with Gasteiger partial charge in [0.05, 0.1) is 9.75 Å². The van der Waals surface area contributed by atoms with Crippen LogP contribution in [0.15, 0.2) is 66.7 Å². The summed E-state index contributed by atoms with van der Waals surface area (Å²) in [6.45, 7) is 0.443. The number of carbonyl (C=O) groups excluding carboxylic acids is 3. The monoisotopic (exact) mass is 379 g/mol. The van der Waals surface area contributed by atoms with Crippen LogP contribution in [0.1, 0.15) is 35.3 Å². The Balaban J connectivity index is 1.58. The first-order chi connectivity index (χ1) is 13.0. The summed E-state index contributed by atoms with van der Waals surface area (Å²) in [4.78, 5) is 36.2. The highest BCUT2D eigenvalue weighted by Crippen LogP contribution is 2.18. The van der Waals surface area contributed by atoms with Crippen LogP contribution in [0.2, 0.25) is 0 Å². The van der Waals surface area contributed by atoms with Crippen LogP contribution in [0, 0.1) is 0 Å². The van der Waals surface area contributed by atoms with Crippen molar-refractivity contribution in [2.75, 3.05) is 5.32 Å². The first kappa shape index (κ1) is 18.3. The molecule has 0 aliphatic rings. The zero-order chi connectivity index (χ0) is 19.2. The fourth-order valence-corrected chi connectivity index (χ4v) is 3.12. The van der Waals surface area contributed by atoms with Crippen LogP contribution in [0.5, 0.6) is 0 Å². The van der Waals surface area contributed by atoms with Crippen molar-refractivity contribution in [3.63, 3.8) is 0 Å². The third kappa shape index (κ3) is 4.80. The second-order valence-electron chi connectivity index (χ2n) is 5.73. The Bertz CT molecular complexity index is 966. The molecule has 0 fully saturated rings. The van der Waals surface area contributed by atoms with Gasteiger partial charge in [0.2, 0.25) is 0 Å². The maximum Gasteiger partial charge on any atom is 0.265 e. The number of benzene rings is 2. The van der Waals surface area contributed by atoms with E-state index in [0.29, 0.717) is 27.5 Å². The van der Waals surface area contributed by atoms with Gasteiger partial charge in [-0.15, -0.1) is 11.3 Å². The van der Waals surface area contributed by atoms with Crippen molar-refractivity contribution in [1.29, 1.82) is 0 Å². The number of amides is 3. The van der Waals surface area contributed by atoms with Gasteiger partial charge in [0.1, 0.15) is 0 Å². The van der Waals surface area contributed by atoms with Gasteiger partial charge in [-0.05, 0) is 42.0 Å². The number of carbonyl (C=O) groups is 3. The summed E-state index contributed by atoms with van der Waals surface area (Å²) in [7, 11) is 0. The van der Waals surface area contributed by atoms with Gasteiger partial charge >= 0.3 is 0 Å². The van der Waals surface area contributed by atoms with E-state index in [1.165, 1.54) is 6.07 Å². The average molecular weight is 379 g/mol. The summed E-state index contributed by atoms with van der Waals surface area (Å²) >= 11 is 1.03. The molecule has 0 unspecified atom stereocenters. The largest absolute Gasteiger partial charge is 0.365 e. The number of primary amides is 1. The first-order valence-electron chi connectivity index (χ1n) is 8.16. The Morgan fingerprint density at radius 1 is 0.815 bits per heavy atom. The van der Waals surface area contributed by atoms with E-state index in [2.05, 4.69) is 10.6 Å². The fraction of sp³-hybridized carbons (Fsp3) is 0.0500. The Kier molecular flexibility index (Phi) is 5.63. The van der Waals surface area contributed by atoms with E-state index in [1.807, 2.05) is 30.3 Å². The molecule has 4 N–H and O–H groups in total. The number of hydrogen-bond acceptors (Lipinski definition) is 4. The lowest BCUT2D eigenvalue weighted by atomic mass is 10.1. The fourth-order valence-electron chi connectivity index (χ4n) is 2.37. The van der Waals surface area contributed by atoms with E-state index >= 15 is 0 Å². The molecule has 3 aromatic rings. The van der Waals surface area contributed by atoms with Crippen LogP contribution in [-0.4, -0.2) is 17.7 Å². The van der Waals surface area contributed by atoms with Crippen LogP contribution < -0.4 is 16.4 Å². The highest BCUT2D eigenvalue weighted by atomic mass is 32.1. The Morgan fingerprint density at radius 2 is 1.48 bits per heavy atom. The Morgan fingerprint density at radius 3 is 2.11 bits per heavy atom. The number of nitrogens with two attached hydrogens (primary N) is 1. The molecule has 27 heavy (non-hydrogen) atoms. The van der Waals surface area contributed by atoms with Crippen molar-refractivity contribution >= 4 is 34.7 Å². The second kappa shape index (κ2) is 8.29. The molecule has 0 bridgehead atoms. The second-order valence-corrected chi connectivity index (χ2v) is 6.81. The molecule has 7 heteroatoms. The minimum Gasteiger partial charge on any atom is -0.365 e. The maximum atomic E-state index is 12.2. The normalized spacial score (nSPS) is 10.2. The van der Waals surface area contributed by atoms with Crippen molar-refractivity contribution in [3.05, 3.63) is 87.6 Å². The van der Waals surface area contributed by atoms with Gasteiger partial charge in [-0.25, -0.2) is 0 Å². The molecular weight excluding hydrogens is 362 g/mol. The molecule has 1 heterocycles. The standard InChI is InChI=1S/C20H17N3O3S/c21-18(24)16-10-11-17(27-16)20(26)23-15-8-6-14(7-9-15)19(25)22-12-13-4-2-1-3-5-13/h1-11H,12H2,(H2,21,24)(H,22,25)(H,23,26). The van der Waals surface area contributed by atoms with E-state index in [0.717, 1.165) is 16.9 Å². The molecule has 0 aliphatic heterocycles. The van der Waals surface area contributed by atoms with E-state index in [1.54, 1.807) is 30.3 Å². The summed E-state index contributed by atoms with van der Waals surface area (Å²) in [6.07, 6.45) is 0. The smallest absolute Gasteiger partial charge is 0.265 e. The third-order valence-corrected chi connectivity index (χ3v) is 4.87. The van der Waals surface area contributed by atoms with E-state index in [9.17, 15) is 14.4 Å². The molecule has 6 nitrogen and oxygen atoms in total. The summed E-state index contributed by atoms with van der Waals surface area (Å²) in [5.41, 5.74) is 7.25. The van der Waals surface area contributed by atoms with Crippen LogP contribution in [0.4, 0.5) is 5.69 Å². The zero-order valence-corrected chi connectivity index (χ0v) is 15.1. The van der Waals surface area contributed by atoms with Crippen molar-refractivity contribution < 1.29 is 14.4 Å². The van der Waals surface area contributed by atoms with Gasteiger partial charge in [0, 0.05) is 17.8 Å². The number of anilines is 1. The zero-order valence-electron chi connectivity index (χ0n) is 14.3. The van der Waals surface area contributed by atoms with E-state index in [4.69, 9.17) is 5.73 Å².